The highest BCUT2D eigenvalue weighted by molar-refractivity contribution is 8.14. The number of carbonyl (C=O) groups is 3. The molecule has 0 aromatic heterocycles. The van der Waals surface area contributed by atoms with Gasteiger partial charge in [-0.2, -0.15) is 0 Å². The number of aromatic carboxylic acids is 1. The van der Waals surface area contributed by atoms with Crippen LogP contribution in [-0.2, 0) is 9.59 Å². The first-order chi connectivity index (χ1) is 9.36. The number of anilines is 1. The SMILES string of the molecule is CC(=O)SC1CC(=O)N(c2cc(O)cc(C(=O)O)c2)C1. The highest BCUT2D eigenvalue weighted by atomic mass is 32.2. The zero-order chi connectivity index (χ0) is 14.9. The molecule has 1 unspecified atom stereocenters. The number of thioether (sulfide) groups is 1. The molecule has 0 radical (unpaired) electrons. The van der Waals surface area contributed by atoms with E-state index >= 15 is 0 Å². The first-order valence-electron chi connectivity index (χ1n) is 5.91. The summed E-state index contributed by atoms with van der Waals surface area (Å²) in [5.74, 6) is -1.58. The second-order valence-electron chi connectivity index (χ2n) is 4.48. The Morgan fingerprint density at radius 3 is 2.65 bits per heavy atom. The Morgan fingerprint density at radius 1 is 1.35 bits per heavy atom. The molecule has 1 aliphatic heterocycles. The van der Waals surface area contributed by atoms with Crippen molar-refractivity contribution in [2.75, 3.05) is 11.4 Å². The van der Waals surface area contributed by atoms with E-state index in [0.717, 1.165) is 17.8 Å². The third-order valence-electron chi connectivity index (χ3n) is 2.88. The molecule has 1 atom stereocenters. The number of nitrogens with zero attached hydrogens (tertiary/aromatic N) is 1. The van der Waals surface area contributed by atoms with Crippen molar-refractivity contribution in [2.45, 2.75) is 18.6 Å². The number of amides is 1. The lowest BCUT2D eigenvalue weighted by Gasteiger charge is -2.17. The Hall–Kier alpha value is -2.02. The standard InChI is InChI=1S/C13H13NO5S/c1-7(15)20-11-5-12(17)14(6-11)9-2-8(13(18)19)3-10(16)4-9/h2-4,11,16H,5-6H2,1H3,(H,18,19). The third kappa shape index (κ3) is 3.11. The lowest BCUT2D eigenvalue weighted by atomic mass is 10.2. The molecule has 1 amide bonds. The summed E-state index contributed by atoms with van der Waals surface area (Å²) in [5.41, 5.74) is 0.245. The van der Waals surface area contributed by atoms with E-state index in [-0.39, 0.29) is 34.0 Å². The van der Waals surface area contributed by atoms with E-state index in [4.69, 9.17) is 5.11 Å². The van der Waals surface area contributed by atoms with Crippen molar-refractivity contribution in [2.24, 2.45) is 0 Å². The normalized spacial score (nSPS) is 18.4. The summed E-state index contributed by atoms with van der Waals surface area (Å²) in [6.07, 6.45) is 0.225. The molecule has 1 fully saturated rings. The maximum atomic E-state index is 11.9. The molecule has 0 saturated carbocycles. The van der Waals surface area contributed by atoms with Crippen LogP contribution in [-0.4, -0.2) is 39.0 Å². The van der Waals surface area contributed by atoms with Crippen molar-refractivity contribution in [1.82, 2.24) is 0 Å². The van der Waals surface area contributed by atoms with Gasteiger partial charge in [0.15, 0.2) is 5.12 Å². The van der Waals surface area contributed by atoms with E-state index in [0.29, 0.717) is 12.2 Å². The summed E-state index contributed by atoms with van der Waals surface area (Å²) < 4.78 is 0. The van der Waals surface area contributed by atoms with Crippen LogP contribution < -0.4 is 4.90 Å². The van der Waals surface area contributed by atoms with Gasteiger partial charge in [0.1, 0.15) is 5.75 Å². The van der Waals surface area contributed by atoms with Crippen LogP contribution in [0, 0.1) is 0 Å². The molecule has 2 rings (SSSR count). The fraction of sp³-hybridized carbons (Fsp3) is 0.308. The van der Waals surface area contributed by atoms with Gasteiger partial charge in [0, 0.05) is 36.9 Å². The number of benzene rings is 1. The van der Waals surface area contributed by atoms with E-state index in [1.165, 1.54) is 24.0 Å². The molecule has 6 nitrogen and oxygen atoms in total. The molecule has 7 heteroatoms. The van der Waals surface area contributed by atoms with Crippen LogP contribution in [0.15, 0.2) is 18.2 Å². The minimum Gasteiger partial charge on any atom is -0.508 e. The molecule has 1 saturated heterocycles. The molecule has 1 heterocycles. The van der Waals surface area contributed by atoms with Gasteiger partial charge in [0.2, 0.25) is 5.91 Å². The zero-order valence-corrected chi connectivity index (χ0v) is 11.5. The van der Waals surface area contributed by atoms with Gasteiger partial charge in [-0.1, -0.05) is 11.8 Å². The van der Waals surface area contributed by atoms with E-state index < -0.39 is 5.97 Å². The van der Waals surface area contributed by atoms with Crippen LogP contribution >= 0.6 is 11.8 Å². The Bertz CT molecular complexity index is 586. The predicted molar refractivity (Wildman–Crippen MR) is 74.1 cm³/mol. The van der Waals surface area contributed by atoms with Gasteiger partial charge in [-0.05, 0) is 12.1 Å². The maximum absolute atomic E-state index is 11.9. The number of phenols is 1. The molecule has 0 bridgehead atoms. The van der Waals surface area contributed by atoms with Crippen LogP contribution in [0.2, 0.25) is 0 Å². The Labute approximate surface area is 119 Å². The van der Waals surface area contributed by atoms with E-state index in [1.54, 1.807) is 0 Å². The van der Waals surface area contributed by atoms with Crippen molar-refractivity contribution in [1.29, 1.82) is 0 Å². The topological polar surface area (TPSA) is 94.9 Å². The molecule has 1 aromatic carbocycles. The lowest BCUT2D eigenvalue weighted by molar-refractivity contribution is -0.117. The molecule has 0 spiro atoms. The molecule has 2 N–H and O–H groups in total. The summed E-state index contributed by atoms with van der Waals surface area (Å²) >= 11 is 1.10. The molecule has 1 aliphatic rings. The van der Waals surface area contributed by atoms with Crippen molar-refractivity contribution in [3.63, 3.8) is 0 Å². The zero-order valence-electron chi connectivity index (χ0n) is 10.7. The fourth-order valence-corrected chi connectivity index (χ4v) is 3.03. The quantitative estimate of drug-likeness (QED) is 0.877. The molecular weight excluding hydrogens is 282 g/mol. The van der Waals surface area contributed by atoms with Gasteiger partial charge in [-0.15, -0.1) is 0 Å². The third-order valence-corrected chi connectivity index (χ3v) is 3.86. The predicted octanol–water partition coefficient (Wildman–Crippen LogP) is 1.48. The lowest BCUT2D eigenvalue weighted by Crippen LogP contribution is -2.25. The van der Waals surface area contributed by atoms with Gasteiger partial charge < -0.3 is 15.1 Å². The van der Waals surface area contributed by atoms with Crippen molar-refractivity contribution in [3.05, 3.63) is 23.8 Å². The Balaban J connectivity index is 2.25. The van der Waals surface area contributed by atoms with Crippen LogP contribution in [0.5, 0.6) is 5.75 Å². The van der Waals surface area contributed by atoms with E-state index in [9.17, 15) is 19.5 Å². The average molecular weight is 295 g/mol. The van der Waals surface area contributed by atoms with Crippen LogP contribution in [0.4, 0.5) is 5.69 Å². The second kappa shape index (κ2) is 5.54. The number of phenolic OH excluding ortho intramolecular Hbond substituents is 1. The summed E-state index contributed by atoms with van der Waals surface area (Å²) in [4.78, 5) is 35.3. The molecular formula is C13H13NO5S. The van der Waals surface area contributed by atoms with E-state index in [2.05, 4.69) is 0 Å². The number of carbonyl (C=O) groups excluding carboxylic acids is 2. The van der Waals surface area contributed by atoms with Gasteiger partial charge in [-0.3, -0.25) is 9.59 Å². The highest BCUT2D eigenvalue weighted by Gasteiger charge is 2.32. The Morgan fingerprint density at radius 2 is 2.05 bits per heavy atom. The monoisotopic (exact) mass is 295 g/mol. The minimum atomic E-state index is -1.18. The summed E-state index contributed by atoms with van der Waals surface area (Å²) in [6.45, 7) is 1.76. The van der Waals surface area contributed by atoms with Crippen LogP contribution in [0.3, 0.4) is 0 Å². The van der Waals surface area contributed by atoms with Crippen LogP contribution in [0.25, 0.3) is 0 Å². The summed E-state index contributed by atoms with van der Waals surface area (Å²) in [5, 5.41) is 18.3. The van der Waals surface area contributed by atoms with Crippen molar-refractivity contribution in [3.8, 4) is 5.75 Å². The van der Waals surface area contributed by atoms with E-state index in [1.807, 2.05) is 0 Å². The smallest absolute Gasteiger partial charge is 0.335 e. The van der Waals surface area contributed by atoms with Crippen molar-refractivity contribution >= 4 is 34.4 Å². The minimum absolute atomic E-state index is 0.0632. The van der Waals surface area contributed by atoms with Gasteiger partial charge in [-0.25, -0.2) is 4.79 Å². The molecule has 20 heavy (non-hydrogen) atoms. The van der Waals surface area contributed by atoms with Crippen molar-refractivity contribution < 1.29 is 24.6 Å². The number of hydrogen-bond acceptors (Lipinski definition) is 5. The maximum Gasteiger partial charge on any atom is 0.335 e. The first-order valence-corrected chi connectivity index (χ1v) is 6.79. The summed E-state index contributed by atoms with van der Waals surface area (Å²) in [7, 11) is 0. The fourth-order valence-electron chi connectivity index (χ4n) is 2.11. The van der Waals surface area contributed by atoms with Gasteiger partial charge in [0.25, 0.3) is 0 Å². The number of rotatable bonds is 3. The number of hydrogen-bond donors (Lipinski definition) is 2. The van der Waals surface area contributed by atoms with Gasteiger partial charge >= 0.3 is 5.97 Å². The molecule has 1 aromatic rings. The second-order valence-corrected chi connectivity index (χ2v) is 5.96. The number of aromatic hydroxyl groups is 1. The van der Waals surface area contributed by atoms with Gasteiger partial charge in [0.05, 0.1) is 5.56 Å². The summed E-state index contributed by atoms with van der Waals surface area (Å²) in [6, 6.07) is 3.79. The number of carboxylic acids is 1. The molecule has 106 valence electrons. The average Bonchev–Trinajstić information content (AvgIpc) is 2.68. The molecule has 0 aliphatic carbocycles. The number of carboxylic acid groups (broad SMARTS) is 1. The highest BCUT2D eigenvalue weighted by Crippen LogP contribution is 2.31. The first kappa shape index (κ1) is 14.4. The van der Waals surface area contributed by atoms with Crippen LogP contribution in [0.1, 0.15) is 23.7 Å². The Kier molecular flexibility index (Phi) is 3.99. The largest absolute Gasteiger partial charge is 0.508 e.